The molecule has 0 saturated carbocycles. The zero-order valence-corrected chi connectivity index (χ0v) is 19.8. The second-order valence-electron chi connectivity index (χ2n) is 8.42. The second-order valence-corrected chi connectivity index (χ2v) is 8.42. The first-order chi connectivity index (χ1) is 16.0. The lowest BCUT2D eigenvalue weighted by molar-refractivity contribution is -0.145. The molecule has 0 aliphatic carbocycles. The average molecular weight is 470 g/mol. The Balaban J connectivity index is 2.14. The SMILES string of the molecule is CCOC(=O)COc1ccc(C(=O)C(COC(C)(C)C)NC(=O)c2ccc(C(=N)N)cc2)cc1. The third kappa shape index (κ3) is 8.32. The number of esters is 1. The lowest BCUT2D eigenvalue weighted by Gasteiger charge is -2.24. The number of nitrogens with one attached hydrogen (secondary N) is 2. The van der Waals surface area contributed by atoms with Crippen molar-refractivity contribution in [3.05, 3.63) is 65.2 Å². The molecule has 2 aromatic rings. The molecule has 0 heterocycles. The molecular weight excluding hydrogens is 438 g/mol. The minimum absolute atomic E-state index is 0.0271. The number of hydrogen-bond acceptors (Lipinski definition) is 7. The third-order valence-electron chi connectivity index (χ3n) is 4.56. The van der Waals surface area contributed by atoms with Crippen LogP contribution in [-0.2, 0) is 14.3 Å². The average Bonchev–Trinajstić information content (AvgIpc) is 2.80. The summed E-state index contributed by atoms with van der Waals surface area (Å²) >= 11 is 0. The zero-order chi connectivity index (χ0) is 25.3. The topological polar surface area (TPSA) is 141 Å². The summed E-state index contributed by atoms with van der Waals surface area (Å²) in [6.45, 7) is 7.27. The molecule has 1 unspecified atom stereocenters. The maximum absolute atomic E-state index is 13.2. The Morgan fingerprint density at radius 2 is 1.53 bits per heavy atom. The van der Waals surface area contributed by atoms with Crippen molar-refractivity contribution < 1.29 is 28.6 Å². The van der Waals surface area contributed by atoms with Crippen LogP contribution in [-0.4, -0.2) is 55.0 Å². The van der Waals surface area contributed by atoms with Crippen molar-refractivity contribution in [2.45, 2.75) is 39.3 Å². The highest BCUT2D eigenvalue weighted by molar-refractivity contribution is 6.05. The summed E-state index contributed by atoms with van der Waals surface area (Å²) in [4.78, 5) is 37.4. The molecule has 4 N–H and O–H groups in total. The molecule has 0 aromatic heterocycles. The van der Waals surface area contributed by atoms with Crippen molar-refractivity contribution in [2.75, 3.05) is 19.8 Å². The number of ketones is 1. The molecule has 1 atom stereocenters. The lowest BCUT2D eigenvalue weighted by atomic mass is 10.0. The molecule has 0 bridgehead atoms. The van der Waals surface area contributed by atoms with Crippen LogP contribution in [0.1, 0.15) is 54.0 Å². The summed E-state index contributed by atoms with van der Waals surface area (Å²) in [5.41, 5.74) is 6.09. The van der Waals surface area contributed by atoms with Crippen LogP contribution in [0, 0.1) is 5.41 Å². The number of rotatable bonds is 11. The Morgan fingerprint density at radius 3 is 2.06 bits per heavy atom. The van der Waals surface area contributed by atoms with Crippen molar-refractivity contribution in [3.8, 4) is 5.75 Å². The Hall–Kier alpha value is -3.72. The number of hydrogen-bond donors (Lipinski definition) is 3. The van der Waals surface area contributed by atoms with Gasteiger partial charge in [0.05, 0.1) is 18.8 Å². The van der Waals surface area contributed by atoms with E-state index in [0.717, 1.165) is 0 Å². The van der Waals surface area contributed by atoms with Crippen molar-refractivity contribution in [2.24, 2.45) is 5.73 Å². The number of carbonyl (C=O) groups excluding carboxylic acids is 3. The molecule has 0 aliphatic rings. The quantitative estimate of drug-likeness (QED) is 0.199. The second kappa shape index (κ2) is 11.9. The molecule has 9 nitrogen and oxygen atoms in total. The fourth-order valence-corrected chi connectivity index (χ4v) is 2.82. The van der Waals surface area contributed by atoms with Crippen molar-refractivity contribution in [3.63, 3.8) is 0 Å². The van der Waals surface area contributed by atoms with Gasteiger partial charge in [0.1, 0.15) is 17.6 Å². The van der Waals surface area contributed by atoms with Gasteiger partial charge in [0.2, 0.25) is 0 Å². The van der Waals surface area contributed by atoms with Gasteiger partial charge < -0.3 is 25.3 Å². The van der Waals surface area contributed by atoms with Crippen LogP contribution >= 0.6 is 0 Å². The molecule has 1 amide bonds. The minimum Gasteiger partial charge on any atom is -0.482 e. The Kier molecular flexibility index (Phi) is 9.32. The van der Waals surface area contributed by atoms with E-state index >= 15 is 0 Å². The van der Waals surface area contributed by atoms with E-state index in [9.17, 15) is 14.4 Å². The molecule has 0 spiro atoms. The summed E-state index contributed by atoms with van der Waals surface area (Å²) in [7, 11) is 0. The monoisotopic (exact) mass is 469 g/mol. The molecule has 182 valence electrons. The van der Waals surface area contributed by atoms with Crippen LogP contribution in [0.4, 0.5) is 0 Å². The number of Topliss-reactive ketones (excluding diaryl/α,β-unsaturated/α-hetero) is 1. The largest absolute Gasteiger partial charge is 0.482 e. The van der Waals surface area contributed by atoms with Gasteiger partial charge in [0, 0.05) is 16.7 Å². The Morgan fingerprint density at radius 1 is 0.971 bits per heavy atom. The van der Waals surface area contributed by atoms with Crippen LogP contribution in [0.15, 0.2) is 48.5 Å². The van der Waals surface area contributed by atoms with Gasteiger partial charge in [-0.05, 0) is 64.1 Å². The first-order valence-electron chi connectivity index (χ1n) is 10.8. The summed E-state index contributed by atoms with van der Waals surface area (Å²) in [5.74, 6) is -0.980. The molecule has 9 heteroatoms. The normalized spacial score (nSPS) is 11.9. The van der Waals surface area contributed by atoms with Crippen LogP contribution in [0.2, 0.25) is 0 Å². The van der Waals surface area contributed by atoms with Crippen LogP contribution in [0.5, 0.6) is 5.75 Å². The number of ether oxygens (including phenoxy) is 3. The fraction of sp³-hybridized carbons (Fsp3) is 0.360. The van der Waals surface area contributed by atoms with Gasteiger partial charge in [-0.3, -0.25) is 15.0 Å². The van der Waals surface area contributed by atoms with E-state index in [-0.39, 0.29) is 31.4 Å². The van der Waals surface area contributed by atoms with E-state index in [1.54, 1.807) is 43.3 Å². The molecule has 0 radical (unpaired) electrons. The zero-order valence-electron chi connectivity index (χ0n) is 19.8. The predicted molar refractivity (Wildman–Crippen MR) is 127 cm³/mol. The van der Waals surface area contributed by atoms with Gasteiger partial charge in [-0.1, -0.05) is 12.1 Å². The molecule has 2 rings (SSSR count). The summed E-state index contributed by atoms with van der Waals surface area (Å²) in [6, 6.07) is 11.5. The molecule has 0 fully saturated rings. The van der Waals surface area contributed by atoms with Crippen molar-refractivity contribution >= 4 is 23.5 Å². The van der Waals surface area contributed by atoms with E-state index in [0.29, 0.717) is 22.4 Å². The third-order valence-corrected chi connectivity index (χ3v) is 4.56. The maximum Gasteiger partial charge on any atom is 0.344 e. The Labute approximate surface area is 199 Å². The van der Waals surface area contributed by atoms with E-state index in [2.05, 4.69) is 5.32 Å². The fourth-order valence-electron chi connectivity index (χ4n) is 2.82. The highest BCUT2D eigenvalue weighted by Gasteiger charge is 2.25. The molecule has 0 saturated heterocycles. The van der Waals surface area contributed by atoms with E-state index < -0.39 is 23.5 Å². The predicted octanol–water partition coefficient (Wildman–Crippen LogP) is 2.71. The molecule has 0 aliphatic heterocycles. The summed E-state index contributed by atoms with van der Waals surface area (Å²) in [5, 5.41) is 10.2. The van der Waals surface area contributed by atoms with E-state index in [1.165, 1.54) is 12.1 Å². The highest BCUT2D eigenvalue weighted by Crippen LogP contribution is 2.16. The molecular formula is C25H31N3O6. The number of benzene rings is 2. The van der Waals surface area contributed by atoms with Gasteiger partial charge in [0.15, 0.2) is 12.4 Å². The number of nitrogens with two attached hydrogens (primary N) is 1. The highest BCUT2D eigenvalue weighted by atomic mass is 16.6. The molecule has 2 aromatic carbocycles. The van der Waals surface area contributed by atoms with Crippen LogP contribution in [0.3, 0.4) is 0 Å². The lowest BCUT2D eigenvalue weighted by Crippen LogP contribution is -2.45. The first-order valence-corrected chi connectivity index (χ1v) is 10.8. The van der Waals surface area contributed by atoms with Crippen LogP contribution < -0.4 is 15.8 Å². The number of nitrogen functional groups attached to an aromatic ring is 1. The number of carbonyl (C=O) groups is 3. The smallest absolute Gasteiger partial charge is 0.344 e. The minimum atomic E-state index is -0.939. The van der Waals surface area contributed by atoms with Gasteiger partial charge in [-0.15, -0.1) is 0 Å². The van der Waals surface area contributed by atoms with Gasteiger partial charge in [0.25, 0.3) is 5.91 Å². The standard InChI is InChI=1S/C25H31N3O6/c1-5-32-21(29)15-33-19-12-10-16(11-13-19)22(30)20(14-34-25(2,3)4)28-24(31)18-8-6-17(7-9-18)23(26)27/h6-13,20H,5,14-15H2,1-4H3,(H3,26,27)(H,28,31). The first kappa shape index (κ1) is 26.5. The Bertz CT molecular complexity index is 1010. The van der Waals surface area contributed by atoms with Crippen LogP contribution in [0.25, 0.3) is 0 Å². The summed E-state index contributed by atoms with van der Waals surface area (Å²) in [6.07, 6.45) is 0. The number of amidine groups is 1. The van der Waals surface area contributed by atoms with Gasteiger partial charge >= 0.3 is 5.97 Å². The van der Waals surface area contributed by atoms with Crippen molar-refractivity contribution in [1.29, 1.82) is 5.41 Å². The summed E-state index contributed by atoms with van der Waals surface area (Å²) < 4.78 is 15.9. The van der Waals surface area contributed by atoms with Gasteiger partial charge in [-0.25, -0.2) is 4.79 Å². The van der Waals surface area contributed by atoms with E-state index in [4.69, 9.17) is 25.4 Å². The van der Waals surface area contributed by atoms with E-state index in [1.807, 2.05) is 20.8 Å². The maximum atomic E-state index is 13.2. The van der Waals surface area contributed by atoms with Crippen molar-refractivity contribution in [1.82, 2.24) is 5.32 Å². The van der Waals surface area contributed by atoms with Gasteiger partial charge in [-0.2, -0.15) is 0 Å². The number of amides is 1. The molecule has 34 heavy (non-hydrogen) atoms.